The zero-order chi connectivity index (χ0) is 12.9. The van der Waals surface area contributed by atoms with Crippen molar-refractivity contribution in [1.82, 2.24) is 10.0 Å². The monoisotopic (exact) mass is 262 g/mol. The lowest BCUT2D eigenvalue weighted by atomic mass is 9.96. The van der Waals surface area contributed by atoms with Gasteiger partial charge in [0.25, 0.3) is 0 Å². The summed E-state index contributed by atoms with van der Waals surface area (Å²) in [6, 6.07) is 0.0462. The summed E-state index contributed by atoms with van der Waals surface area (Å²) in [4.78, 5) is 0. The van der Waals surface area contributed by atoms with Gasteiger partial charge in [-0.3, -0.25) is 0 Å². The summed E-state index contributed by atoms with van der Waals surface area (Å²) in [6.45, 7) is 7.83. The Bertz CT molecular complexity index is 306. The predicted molar refractivity (Wildman–Crippen MR) is 71.5 cm³/mol. The van der Waals surface area contributed by atoms with Crippen LogP contribution in [0.15, 0.2) is 0 Å². The van der Waals surface area contributed by atoms with Crippen LogP contribution < -0.4 is 10.0 Å². The minimum atomic E-state index is -3.14. The molecule has 1 aliphatic heterocycles. The fraction of sp³-hybridized carbons (Fsp3) is 1.00. The van der Waals surface area contributed by atoms with Crippen LogP contribution in [0.1, 0.15) is 46.5 Å². The van der Waals surface area contributed by atoms with Crippen LogP contribution in [-0.4, -0.2) is 32.8 Å². The van der Waals surface area contributed by atoms with Crippen molar-refractivity contribution in [2.75, 3.05) is 13.1 Å². The lowest BCUT2D eigenvalue weighted by Gasteiger charge is -2.27. The van der Waals surface area contributed by atoms with Crippen LogP contribution >= 0.6 is 0 Å². The van der Waals surface area contributed by atoms with E-state index in [0.29, 0.717) is 5.92 Å². The fourth-order valence-corrected chi connectivity index (χ4v) is 4.31. The van der Waals surface area contributed by atoms with Gasteiger partial charge in [0, 0.05) is 6.04 Å². The molecule has 0 aromatic carbocycles. The van der Waals surface area contributed by atoms with Gasteiger partial charge in [0.05, 0.1) is 5.25 Å². The molecule has 1 heterocycles. The van der Waals surface area contributed by atoms with Gasteiger partial charge in [0.2, 0.25) is 10.0 Å². The molecule has 5 heteroatoms. The Morgan fingerprint density at radius 2 is 1.76 bits per heavy atom. The fourth-order valence-electron chi connectivity index (χ4n) is 2.55. The molecule has 0 amide bonds. The van der Waals surface area contributed by atoms with Gasteiger partial charge < -0.3 is 5.32 Å². The summed E-state index contributed by atoms with van der Waals surface area (Å²) in [6.07, 6.45) is 3.49. The zero-order valence-corrected chi connectivity index (χ0v) is 12.0. The van der Waals surface area contributed by atoms with E-state index in [4.69, 9.17) is 0 Å². The molecule has 2 N–H and O–H groups in total. The van der Waals surface area contributed by atoms with E-state index in [-0.39, 0.29) is 11.3 Å². The summed E-state index contributed by atoms with van der Waals surface area (Å²) in [7, 11) is -3.14. The van der Waals surface area contributed by atoms with Crippen LogP contribution in [0, 0.1) is 5.92 Å². The van der Waals surface area contributed by atoms with Gasteiger partial charge in [-0.2, -0.15) is 0 Å². The summed E-state index contributed by atoms with van der Waals surface area (Å²) in [5.74, 6) is 0.437. The van der Waals surface area contributed by atoms with Crippen LogP contribution in [0.25, 0.3) is 0 Å². The van der Waals surface area contributed by atoms with E-state index in [9.17, 15) is 8.42 Å². The van der Waals surface area contributed by atoms with Crippen LogP contribution in [0.4, 0.5) is 0 Å². The first-order valence-corrected chi connectivity index (χ1v) is 8.27. The van der Waals surface area contributed by atoms with E-state index in [0.717, 1.165) is 38.8 Å². The molecule has 0 spiro atoms. The van der Waals surface area contributed by atoms with Crippen molar-refractivity contribution in [2.24, 2.45) is 5.92 Å². The zero-order valence-electron chi connectivity index (χ0n) is 11.2. The van der Waals surface area contributed by atoms with E-state index >= 15 is 0 Å². The molecule has 0 aromatic heterocycles. The summed E-state index contributed by atoms with van der Waals surface area (Å²) >= 11 is 0. The van der Waals surface area contributed by atoms with Crippen LogP contribution in [0.5, 0.6) is 0 Å². The van der Waals surface area contributed by atoms with Gasteiger partial charge >= 0.3 is 0 Å². The molecule has 102 valence electrons. The number of nitrogens with one attached hydrogen (secondary N) is 2. The largest absolute Gasteiger partial charge is 0.317 e. The van der Waals surface area contributed by atoms with Crippen molar-refractivity contribution in [2.45, 2.75) is 57.7 Å². The Morgan fingerprint density at radius 1 is 1.24 bits per heavy atom. The predicted octanol–water partition coefficient (Wildman–Crippen LogP) is 1.48. The van der Waals surface area contributed by atoms with E-state index in [1.165, 1.54) is 0 Å². The van der Waals surface area contributed by atoms with Gasteiger partial charge in [0.1, 0.15) is 0 Å². The van der Waals surface area contributed by atoms with Crippen molar-refractivity contribution in [3.05, 3.63) is 0 Å². The molecule has 1 rings (SSSR count). The SMILES string of the molecule is CCC(CC)C(C)NS(=O)(=O)C1CCNCC1. The first kappa shape index (κ1) is 14.9. The molecule has 0 radical (unpaired) electrons. The Morgan fingerprint density at radius 3 is 2.24 bits per heavy atom. The second kappa shape index (κ2) is 6.71. The van der Waals surface area contributed by atoms with Gasteiger partial charge in [-0.05, 0) is 38.8 Å². The normalized spacial score (nSPS) is 20.7. The average molecular weight is 262 g/mol. The molecule has 0 saturated carbocycles. The first-order valence-electron chi connectivity index (χ1n) is 6.73. The van der Waals surface area contributed by atoms with Gasteiger partial charge in [-0.15, -0.1) is 0 Å². The molecule has 17 heavy (non-hydrogen) atoms. The van der Waals surface area contributed by atoms with E-state index < -0.39 is 10.0 Å². The van der Waals surface area contributed by atoms with Crippen molar-refractivity contribution in [3.8, 4) is 0 Å². The number of rotatable bonds is 6. The van der Waals surface area contributed by atoms with Gasteiger partial charge in [-0.1, -0.05) is 26.7 Å². The van der Waals surface area contributed by atoms with E-state index in [1.54, 1.807) is 0 Å². The minimum absolute atomic E-state index is 0.0462. The van der Waals surface area contributed by atoms with Gasteiger partial charge in [-0.25, -0.2) is 13.1 Å². The Balaban J connectivity index is 2.58. The summed E-state index contributed by atoms with van der Waals surface area (Å²) in [5, 5.41) is 2.99. The topological polar surface area (TPSA) is 58.2 Å². The standard InChI is InChI=1S/C12H26N2O2S/c1-4-11(5-2)10(3)14-17(15,16)12-6-8-13-9-7-12/h10-14H,4-9H2,1-3H3. The molecule has 0 aromatic rings. The number of sulfonamides is 1. The quantitative estimate of drug-likeness (QED) is 0.762. The molecule has 1 atom stereocenters. The molecule has 1 fully saturated rings. The second-order valence-corrected chi connectivity index (χ2v) is 6.97. The highest BCUT2D eigenvalue weighted by Gasteiger charge is 2.29. The van der Waals surface area contributed by atoms with Gasteiger partial charge in [0.15, 0.2) is 0 Å². The highest BCUT2D eigenvalue weighted by molar-refractivity contribution is 7.90. The van der Waals surface area contributed by atoms with E-state index in [1.807, 2.05) is 6.92 Å². The van der Waals surface area contributed by atoms with Crippen LogP contribution in [0.3, 0.4) is 0 Å². The summed E-state index contributed by atoms with van der Waals surface area (Å²) in [5.41, 5.74) is 0. The van der Waals surface area contributed by atoms with Crippen LogP contribution in [-0.2, 0) is 10.0 Å². The van der Waals surface area contributed by atoms with Crippen molar-refractivity contribution < 1.29 is 8.42 Å². The molecule has 1 unspecified atom stereocenters. The van der Waals surface area contributed by atoms with Crippen molar-refractivity contribution in [3.63, 3.8) is 0 Å². The highest BCUT2D eigenvalue weighted by Crippen LogP contribution is 2.17. The second-order valence-electron chi connectivity index (χ2n) is 4.98. The Kier molecular flexibility index (Phi) is 5.89. The third-order valence-corrected chi connectivity index (χ3v) is 5.88. The lowest BCUT2D eigenvalue weighted by molar-refractivity contribution is 0.386. The van der Waals surface area contributed by atoms with E-state index in [2.05, 4.69) is 23.9 Å². The highest BCUT2D eigenvalue weighted by atomic mass is 32.2. The van der Waals surface area contributed by atoms with Crippen LogP contribution in [0.2, 0.25) is 0 Å². The number of hydrogen-bond donors (Lipinski definition) is 2. The first-order chi connectivity index (χ1) is 8.01. The smallest absolute Gasteiger partial charge is 0.214 e. The number of hydrogen-bond acceptors (Lipinski definition) is 3. The Hall–Kier alpha value is -0.130. The number of piperidine rings is 1. The minimum Gasteiger partial charge on any atom is -0.317 e. The molecular formula is C12H26N2O2S. The third-order valence-electron chi connectivity index (χ3n) is 3.83. The molecule has 1 saturated heterocycles. The van der Waals surface area contributed by atoms with Crippen molar-refractivity contribution in [1.29, 1.82) is 0 Å². The maximum absolute atomic E-state index is 12.2. The maximum atomic E-state index is 12.2. The molecule has 0 bridgehead atoms. The molecule has 1 aliphatic rings. The molecular weight excluding hydrogens is 236 g/mol. The maximum Gasteiger partial charge on any atom is 0.214 e. The molecule has 0 aliphatic carbocycles. The molecule has 4 nitrogen and oxygen atoms in total. The average Bonchev–Trinajstić information content (AvgIpc) is 2.31. The Labute approximate surface area is 106 Å². The third kappa shape index (κ3) is 4.23. The lowest BCUT2D eigenvalue weighted by Crippen LogP contribution is -2.46. The van der Waals surface area contributed by atoms with Crippen molar-refractivity contribution >= 4 is 10.0 Å². The summed E-state index contributed by atoms with van der Waals surface area (Å²) < 4.78 is 27.3.